The number of aryl methyl sites for hydroxylation is 1. The summed E-state index contributed by atoms with van der Waals surface area (Å²) in [4.78, 5) is 0. The predicted molar refractivity (Wildman–Crippen MR) is 80.6 cm³/mol. The molecule has 0 aliphatic heterocycles. The second-order valence-corrected chi connectivity index (χ2v) is 5.92. The van der Waals surface area contributed by atoms with Crippen LogP contribution >= 0.6 is 0 Å². The molecule has 1 fully saturated rings. The average molecular weight is 274 g/mol. The quantitative estimate of drug-likeness (QED) is 0.918. The highest BCUT2D eigenvalue weighted by atomic mass is 15.3. The van der Waals surface area contributed by atoms with Crippen molar-refractivity contribution in [2.24, 2.45) is 0 Å². The van der Waals surface area contributed by atoms with Gasteiger partial charge in [0.05, 0.1) is 17.8 Å². The fourth-order valence-electron chi connectivity index (χ4n) is 3.66. The van der Waals surface area contributed by atoms with Gasteiger partial charge in [-0.25, -0.2) is 0 Å². The van der Waals surface area contributed by atoms with Crippen LogP contribution in [-0.4, -0.2) is 21.9 Å². The van der Waals surface area contributed by atoms with Crippen LogP contribution in [-0.2, 0) is 6.42 Å². The maximum absolute atomic E-state index is 9.57. The van der Waals surface area contributed by atoms with Crippen LogP contribution in [0.3, 0.4) is 0 Å². The Morgan fingerprint density at radius 1 is 1.45 bits per heavy atom. The maximum atomic E-state index is 9.57. The van der Waals surface area contributed by atoms with Gasteiger partial charge in [-0.1, -0.05) is 13.8 Å². The van der Waals surface area contributed by atoms with E-state index in [9.17, 15) is 5.26 Å². The van der Waals surface area contributed by atoms with Crippen LogP contribution in [0.2, 0.25) is 0 Å². The van der Waals surface area contributed by atoms with E-state index < -0.39 is 0 Å². The van der Waals surface area contributed by atoms with Gasteiger partial charge < -0.3 is 0 Å². The summed E-state index contributed by atoms with van der Waals surface area (Å²) in [6.45, 7) is 9.35. The minimum atomic E-state index is -0.365. The average Bonchev–Trinajstić information content (AvgIpc) is 2.74. The van der Waals surface area contributed by atoms with Crippen molar-refractivity contribution < 1.29 is 0 Å². The van der Waals surface area contributed by atoms with E-state index in [0.29, 0.717) is 6.04 Å². The first kappa shape index (κ1) is 15.1. The molecule has 0 radical (unpaired) electrons. The lowest BCUT2D eigenvalue weighted by Crippen LogP contribution is -2.48. The molecule has 1 heterocycles. The van der Waals surface area contributed by atoms with Gasteiger partial charge in [-0.05, 0) is 51.6 Å². The fourth-order valence-corrected chi connectivity index (χ4v) is 3.66. The van der Waals surface area contributed by atoms with Gasteiger partial charge in [0.15, 0.2) is 0 Å². The Kier molecular flexibility index (Phi) is 4.49. The molecular weight excluding hydrogens is 248 g/mol. The van der Waals surface area contributed by atoms with Crippen molar-refractivity contribution in [2.75, 3.05) is 6.54 Å². The van der Waals surface area contributed by atoms with Crippen LogP contribution in [0.25, 0.3) is 0 Å². The Labute approximate surface area is 122 Å². The predicted octanol–water partition coefficient (Wildman–Crippen LogP) is 3.05. The molecule has 20 heavy (non-hydrogen) atoms. The van der Waals surface area contributed by atoms with Crippen molar-refractivity contribution in [2.45, 2.75) is 71.4 Å². The Morgan fingerprint density at radius 3 is 2.75 bits per heavy atom. The fraction of sp³-hybridized carbons (Fsp3) is 0.750. The molecule has 0 aromatic carbocycles. The molecule has 2 unspecified atom stereocenters. The van der Waals surface area contributed by atoms with Crippen molar-refractivity contribution in [3.8, 4) is 6.07 Å². The molecule has 0 saturated heterocycles. The molecule has 1 aliphatic carbocycles. The van der Waals surface area contributed by atoms with Gasteiger partial charge in [-0.2, -0.15) is 10.4 Å². The highest BCUT2D eigenvalue weighted by Gasteiger charge is 2.37. The number of hydrogen-bond donors (Lipinski definition) is 1. The zero-order chi connectivity index (χ0) is 14.8. The first-order chi connectivity index (χ1) is 9.56. The summed E-state index contributed by atoms with van der Waals surface area (Å²) in [5, 5.41) is 17.7. The summed E-state index contributed by atoms with van der Waals surface area (Å²) in [5.41, 5.74) is 3.42. The summed E-state index contributed by atoms with van der Waals surface area (Å²) < 4.78 is 2.18. The molecule has 4 heteroatoms. The highest BCUT2D eigenvalue weighted by Crippen LogP contribution is 2.36. The van der Waals surface area contributed by atoms with Crippen LogP contribution in [0.5, 0.6) is 0 Å². The third-order valence-corrected chi connectivity index (χ3v) is 4.63. The van der Waals surface area contributed by atoms with Gasteiger partial charge in [-0.15, -0.1) is 0 Å². The molecule has 4 nitrogen and oxygen atoms in total. The monoisotopic (exact) mass is 274 g/mol. The summed E-state index contributed by atoms with van der Waals surface area (Å²) in [7, 11) is 0. The van der Waals surface area contributed by atoms with E-state index in [4.69, 9.17) is 5.10 Å². The normalized spacial score (nSPS) is 26.4. The highest BCUT2D eigenvalue weighted by molar-refractivity contribution is 5.25. The lowest BCUT2D eigenvalue weighted by Gasteiger charge is -2.36. The minimum absolute atomic E-state index is 0.349. The molecule has 1 N–H and O–H groups in total. The topological polar surface area (TPSA) is 53.6 Å². The number of hydrogen-bond acceptors (Lipinski definition) is 3. The summed E-state index contributed by atoms with van der Waals surface area (Å²) in [6, 6.07) is 2.87. The number of nitrogens with zero attached hydrogens (tertiary/aromatic N) is 3. The van der Waals surface area contributed by atoms with Gasteiger partial charge in [0.1, 0.15) is 5.54 Å². The molecule has 1 aliphatic rings. The van der Waals surface area contributed by atoms with Gasteiger partial charge in [0, 0.05) is 12.1 Å². The SMILES string of the molecule is CCNC1(C#N)CCCC(n2nc(C)c(CC)c2C)C1. The van der Waals surface area contributed by atoms with Gasteiger partial charge in [0.25, 0.3) is 0 Å². The molecule has 1 aromatic heterocycles. The van der Waals surface area contributed by atoms with Crippen molar-refractivity contribution in [1.29, 1.82) is 5.26 Å². The number of nitrogens with one attached hydrogen (secondary N) is 1. The van der Waals surface area contributed by atoms with E-state index in [-0.39, 0.29) is 5.54 Å². The maximum Gasteiger partial charge on any atom is 0.108 e. The first-order valence-electron chi connectivity index (χ1n) is 7.77. The number of rotatable bonds is 4. The molecule has 2 rings (SSSR count). The second-order valence-electron chi connectivity index (χ2n) is 5.92. The Bertz CT molecular complexity index is 507. The van der Waals surface area contributed by atoms with E-state index in [2.05, 4.69) is 43.8 Å². The summed E-state index contributed by atoms with van der Waals surface area (Å²) in [6.07, 6.45) is 5.06. The third-order valence-electron chi connectivity index (χ3n) is 4.63. The van der Waals surface area contributed by atoms with E-state index >= 15 is 0 Å². The van der Waals surface area contributed by atoms with E-state index in [0.717, 1.165) is 44.3 Å². The molecule has 1 saturated carbocycles. The molecular formula is C16H26N4. The second kappa shape index (κ2) is 5.97. The van der Waals surface area contributed by atoms with Crippen LogP contribution in [0.15, 0.2) is 0 Å². The Morgan fingerprint density at radius 2 is 2.20 bits per heavy atom. The molecule has 1 aromatic rings. The lowest BCUT2D eigenvalue weighted by atomic mass is 9.80. The summed E-state index contributed by atoms with van der Waals surface area (Å²) in [5.74, 6) is 0. The van der Waals surface area contributed by atoms with Crippen LogP contribution in [0.1, 0.15) is 62.5 Å². The molecule has 2 atom stereocenters. The van der Waals surface area contributed by atoms with Crippen molar-refractivity contribution in [3.63, 3.8) is 0 Å². The lowest BCUT2D eigenvalue weighted by molar-refractivity contribution is 0.220. The number of nitriles is 1. The molecule has 110 valence electrons. The van der Waals surface area contributed by atoms with Crippen LogP contribution in [0.4, 0.5) is 0 Å². The van der Waals surface area contributed by atoms with E-state index in [1.54, 1.807) is 0 Å². The zero-order valence-corrected chi connectivity index (χ0v) is 13.2. The molecule has 0 spiro atoms. The smallest absolute Gasteiger partial charge is 0.108 e. The van der Waals surface area contributed by atoms with Gasteiger partial charge in [0.2, 0.25) is 0 Å². The number of aromatic nitrogens is 2. The minimum Gasteiger partial charge on any atom is -0.300 e. The Balaban J connectivity index is 2.28. The zero-order valence-electron chi connectivity index (χ0n) is 13.2. The van der Waals surface area contributed by atoms with Gasteiger partial charge >= 0.3 is 0 Å². The standard InChI is InChI=1S/C16H26N4/c1-5-15-12(3)19-20(13(15)4)14-8-7-9-16(10-14,11-17)18-6-2/h14,18H,5-10H2,1-4H3. The Hall–Kier alpha value is -1.34. The molecule has 0 amide bonds. The van der Waals surface area contributed by atoms with Crippen molar-refractivity contribution in [3.05, 3.63) is 17.0 Å². The third kappa shape index (κ3) is 2.60. The van der Waals surface area contributed by atoms with Gasteiger partial charge in [-0.3, -0.25) is 10.00 Å². The van der Waals surface area contributed by atoms with Crippen molar-refractivity contribution >= 4 is 0 Å². The first-order valence-corrected chi connectivity index (χ1v) is 7.77. The van der Waals surface area contributed by atoms with E-state index in [1.807, 2.05) is 0 Å². The van der Waals surface area contributed by atoms with E-state index in [1.165, 1.54) is 11.3 Å². The van der Waals surface area contributed by atoms with Crippen LogP contribution in [0, 0.1) is 25.2 Å². The largest absolute Gasteiger partial charge is 0.300 e. The van der Waals surface area contributed by atoms with Crippen LogP contribution < -0.4 is 5.32 Å². The molecule has 0 bridgehead atoms. The van der Waals surface area contributed by atoms with Crippen molar-refractivity contribution in [1.82, 2.24) is 15.1 Å². The summed E-state index contributed by atoms with van der Waals surface area (Å²) >= 11 is 0.